The van der Waals surface area contributed by atoms with Gasteiger partial charge in [-0.2, -0.15) is 0 Å². The van der Waals surface area contributed by atoms with Crippen molar-refractivity contribution in [3.63, 3.8) is 0 Å². The molecule has 0 atom stereocenters. The molecule has 0 saturated carbocycles. The minimum Gasteiger partial charge on any atom is -0.354 e. The molecule has 0 bridgehead atoms. The highest BCUT2D eigenvalue weighted by Gasteiger charge is 2.20. The fourth-order valence-electron chi connectivity index (χ4n) is 1.87. The van der Waals surface area contributed by atoms with Crippen molar-refractivity contribution >= 4 is 39.2 Å². The number of carbonyl (C=O) groups is 1. The normalized spacial score (nSPS) is 11.8. The van der Waals surface area contributed by atoms with Gasteiger partial charge in [-0.25, -0.2) is 4.98 Å². The standard InChI is InChI=1S/C15H21N3OS2/c1-3-15(16,4-2)10-17-13(19)9-20-14-18-11-7-5-6-8-12(11)21-14/h5-8H,3-4,9-10,16H2,1-2H3,(H,17,19). The Labute approximate surface area is 133 Å². The molecule has 114 valence electrons. The van der Waals surface area contributed by atoms with Crippen molar-refractivity contribution in [1.29, 1.82) is 0 Å². The van der Waals surface area contributed by atoms with E-state index in [9.17, 15) is 4.79 Å². The lowest BCUT2D eigenvalue weighted by molar-refractivity contribution is -0.118. The molecule has 0 aliphatic rings. The lowest BCUT2D eigenvalue weighted by Crippen LogP contribution is -2.49. The predicted molar refractivity (Wildman–Crippen MR) is 90.9 cm³/mol. The van der Waals surface area contributed by atoms with Gasteiger partial charge in [0.05, 0.1) is 16.0 Å². The molecule has 0 radical (unpaired) electrons. The zero-order valence-corrected chi connectivity index (χ0v) is 14.0. The number of thiazole rings is 1. The van der Waals surface area contributed by atoms with Crippen LogP contribution in [0.4, 0.5) is 0 Å². The van der Waals surface area contributed by atoms with E-state index in [1.165, 1.54) is 11.8 Å². The second-order valence-corrected chi connectivity index (χ2v) is 7.34. The molecular weight excluding hydrogens is 302 g/mol. The third-order valence-electron chi connectivity index (χ3n) is 3.65. The third kappa shape index (κ3) is 4.43. The number of nitrogens with two attached hydrogens (primary N) is 1. The summed E-state index contributed by atoms with van der Waals surface area (Å²) in [6.45, 7) is 4.62. The molecule has 1 aromatic carbocycles. The smallest absolute Gasteiger partial charge is 0.230 e. The Balaban J connectivity index is 1.83. The van der Waals surface area contributed by atoms with E-state index in [-0.39, 0.29) is 11.4 Å². The third-order valence-corrected chi connectivity index (χ3v) is 5.83. The number of benzene rings is 1. The van der Waals surface area contributed by atoms with Gasteiger partial charge in [0.15, 0.2) is 4.34 Å². The maximum Gasteiger partial charge on any atom is 0.230 e. The van der Waals surface area contributed by atoms with E-state index in [2.05, 4.69) is 10.3 Å². The van der Waals surface area contributed by atoms with Crippen LogP contribution in [-0.4, -0.2) is 28.7 Å². The molecule has 0 unspecified atom stereocenters. The monoisotopic (exact) mass is 323 g/mol. The molecule has 1 aromatic heterocycles. The number of nitrogens with one attached hydrogen (secondary N) is 1. The maximum absolute atomic E-state index is 11.9. The Hall–Kier alpha value is -1.11. The summed E-state index contributed by atoms with van der Waals surface area (Å²) in [6, 6.07) is 8.00. The van der Waals surface area contributed by atoms with E-state index in [0.29, 0.717) is 12.3 Å². The summed E-state index contributed by atoms with van der Waals surface area (Å²) in [7, 11) is 0. The molecule has 6 heteroatoms. The van der Waals surface area contributed by atoms with Crippen LogP contribution >= 0.6 is 23.1 Å². The number of hydrogen-bond donors (Lipinski definition) is 2. The summed E-state index contributed by atoms with van der Waals surface area (Å²) >= 11 is 3.09. The SMILES string of the molecule is CCC(N)(CC)CNC(=O)CSc1nc2ccccc2s1. The molecule has 0 fully saturated rings. The van der Waals surface area contributed by atoms with Gasteiger partial charge >= 0.3 is 0 Å². The van der Waals surface area contributed by atoms with Gasteiger partial charge < -0.3 is 11.1 Å². The number of fused-ring (bicyclic) bond motifs is 1. The number of rotatable bonds is 7. The topological polar surface area (TPSA) is 68.0 Å². The number of aromatic nitrogens is 1. The summed E-state index contributed by atoms with van der Waals surface area (Å²) < 4.78 is 2.08. The number of carbonyl (C=O) groups excluding carboxylic acids is 1. The van der Waals surface area contributed by atoms with Crippen LogP contribution in [0.2, 0.25) is 0 Å². The van der Waals surface area contributed by atoms with Gasteiger partial charge in [0.2, 0.25) is 5.91 Å². The molecule has 0 aliphatic carbocycles. The first kappa shape index (κ1) is 16.3. The van der Waals surface area contributed by atoms with Gasteiger partial charge in [-0.05, 0) is 25.0 Å². The molecule has 0 saturated heterocycles. The quantitative estimate of drug-likeness (QED) is 0.769. The van der Waals surface area contributed by atoms with Gasteiger partial charge in [-0.15, -0.1) is 11.3 Å². The van der Waals surface area contributed by atoms with E-state index >= 15 is 0 Å². The zero-order valence-electron chi connectivity index (χ0n) is 12.4. The Morgan fingerprint density at radius 2 is 2.10 bits per heavy atom. The van der Waals surface area contributed by atoms with Crippen LogP contribution in [-0.2, 0) is 4.79 Å². The second-order valence-electron chi connectivity index (χ2n) is 5.08. The predicted octanol–water partition coefficient (Wildman–Crippen LogP) is 3.02. The van der Waals surface area contributed by atoms with E-state index in [0.717, 1.165) is 27.4 Å². The van der Waals surface area contributed by atoms with Crippen LogP contribution in [0.25, 0.3) is 10.2 Å². The number of thioether (sulfide) groups is 1. The van der Waals surface area contributed by atoms with Gasteiger partial charge in [-0.3, -0.25) is 4.79 Å². The van der Waals surface area contributed by atoms with Crippen LogP contribution in [0.1, 0.15) is 26.7 Å². The lowest BCUT2D eigenvalue weighted by atomic mass is 9.94. The van der Waals surface area contributed by atoms with E-state index < -0.39 is 0 Å². The molecule has 2 aromatic rings. The second kappa shape index (κ2) is 7.24. The van der Waals surface area contributed by atoms with Crippen LogP contribution in [0, 0.1) is 0 Å². The minimum absolute atomic E-state index is 0.0102. The van der Waals surface area contributed by atoms with Crippen LogP contribution in [0.5, 0.6) is 0 Å². The van der Waals surface area contributed by atoms with Crippen LogP contribution in [0.15, 0.2) is 28.6 Å². The van der Waals surface area contributed by atoms with Crippen molar-refractivity contribution in [2.24, 2.45) is 5.73 Å². The highest BCUT2D eigenvalue weighted by molar-refractivity contribution is 8.01. The first-order valence-electron chi connectivity index (χ1n) is 7.10. The number of nitrogens with zero attached hydrogens (tertiary/aromatic N) is 1. The van der Waals surface area contributed by atoms with E-state index in [1.54, 1.807) is 11.3 Å². The first-order valence-corrected chi connectivity index (χ1v) is 8.90. The van der Waals surface area contributed by atoms with Crippen LogP contribution < -0.4 is 11.1 Å². The number of hydrogen-bond acceptors (Lipinski definition) is 5. The van der Waals surface area contributed by atoms with E-state index in [1.807, 2.05) is 38.1 Å². The number of amides is 1. The average molecular weight is 323 g/mol. The molecule has 3 N–H and O–H groups in total. The van der Waals surface area contributed by atoms with Gasteiger partial charge in [0.25, 0.3) is 0 Å². The van der Waals surface area contributed by atoms with Gasteiger partial charge in [-0.1, -0.05) is 37.7 Å². The fourth-order valence-corrected chi connectivity index (χ4v) is 3.76. The summed E-state index contributed by atoms with van der Waals surface area (Å²) in [5.41, 5.74) is 6.87. The van der Waals surface area contributed by atoms with Crippen molar-refractivity contribution in [1.82, 2.24) is 10.3 Å². The summed E-state index contributed by atoms with van der Waals surface area (Å²) in [5, 5.41) is 2.92. The first-order chi connectivity index (χ1) is 10.1. The van der Waals surface area contributed by atoms with Gasteiger partial charge in [0.1, 0.15) is 0 Å². The van der Waals surface area contributed by atoms with Crippen molar-refractivity contribution in [3.8, 4) is 0 Å². The van der Waals surface area contributed by atoms with Crippen LogP contribution in [0.3, 0.4) is 0 Å². The average Bonchev–Trinajstić information content (AvgIpc) is 2.93. The van der Waals surface area contributed by atoms with Crippen molar-refractivity contribution in [2.45, 2.75) is 36.6 Å². The molecule has 21 heavy (non-hydrogen) atoms. The van der Waals surface area contributed by atoms with Gasteiger partial charge in [0, 0.05) is 12.1 Å². The lowest BCUT2D eigenvalue weighted by Gasteiger charge is -2.26. The van der Waals surface area contributed by atoms with Crippen molar-refractivity contribution < 1.29 is 4.79 Å². The molecule has 0 aliphatic heterocycles. The van der Waals surface area contributed by atoms with E-state index in [4.69, 9.17) is 5.73 Å². The number of para-hydroxylation sites is 1. The molecule has 1 heterocycles. The summed E-state index contributed by atoms with van der Waals surface area (Å²) in [6.07, 6.45) is 1.71. The van der Waals surface area contributed by atoms with Crippen molar-refractivity contribution in [3.05, 3.63) is 24.3 Å². The Morgan fingerprint density at radius 1 is 1.38 bits per heavy atom. The maximum atomic E-state index is 11.9. The summed E-state index contributed by atoms with van der Waals surface area (Å²) in [5.74, 6) is 0.388. The molecule has 4 nitrogen and oxygen atoms in total. The molecule has 0 spiro atoms. The zero-order chi connectivity index (χ0) is 15.3. The molecule has 2 rings (SSSR count). The highest BCUT2D eigenvalue weighted by Crippen LogP contribution is 2.29. The largest absolute Gasteiger partial charge is 0.354 e. The molecular formula is C15H21N3OS2. The fraction of sp³-hybridized carbons (Fsp3) is 0.467. The summed E-state index contributed by atoms with van der Waals surface area (Å²) in [4.78, 5) is 16.4. The Kier molecular flexibility index (Phi) is 5.61. The Bertz CT molecular complexity index is 575. The highest BCUT2D eigenvalue weighted by atomic mass is 32.2. The minimum atomic E-state index is -0.295. The molecule has 1 amide bonds. The van der Waals surface area contributed by atoms with Crippen molar-refractivity contribution in [2.75, 3.05) is 12.3 Å². The Morgan fingerprint density at radius 3 is 2.76 bits per heavy atom.